The second kappa shape index (κ2) is 11.9. The fourth-order valence-corrected chi connectivity index (χ4v) is 4.65. The Morgan fingerprint density at radius 1 is 0.943 bits per heavy atom. The van der Waals surface area contributed by atoms with Crippen molar-refractivity contribution in [3.8, 4) is 0 Å². The minimum Gasteiger partial charge on any atom is -0.462 e. The largest absolute Gasteiger partial charge is 0.462 e. The standard InChI is InChI=1S/C29H31ClN2O3/c1-2-35-29(34)23-12-10-21(11-13-23)20-27(33)31-28(22-14-16-24(30)17-15-22)25-8-4-5-9-26(25)32-18-6-3-7-19-32/h4-5,8-17,28H,2-3,6-7,18-20H2,1H3,(H,31,33). The molecule has 182 valence electrons. The van der Waals surface area contributed by atoms with E-state index in [4.69, 9.17) is 16.3 Å². The van der Waals surface area contributed by atoms with Gasteiger partial charge in [-0.2, -0.15) is 0 Å². The molecule has 6 heteroatoms. The monoisotopic (exact) mass is 490 g/mol. The van der Waals surface area contributed by atoms with Gasteiger partial charge in [0.1, 0.15) is 0 Å². The summed E-state index contributed by atoms with van der Waals surface area (Å²) in [6.45, 7) is 4.14. The highest BCUT2D eigenvalue weighted by atomic mass is 35.5. The van der Waals surface area contributed by atoms with Gasteiger partial charge in [0.15, 0.2) is 0 Å². The van der Waals surface area contributed by atoms with Crippen LogP contribution in [0.5, 0.6) is 0 Å². The molecule has 0 bridgehead atoms. The molecule has 1 amide bonds. The molecular formula is C29H31ClN2O3. The zero-order chi connectivity index (χ0) is 24.6. The van der Waals surface area contributed by atoms with Gasteiger partial charge in [-0.3, -0.25) is 4.79 Å². The molecule has 1 aliphatic heterocycles. The summed E-state index contributed by atoms with van der Waals surface area (Å²) in [6.07, 6.45) is 3.81. The summed E-state index contributed by atoms with van der Waals surface area (Å²) in [5, 5.41) is 3.91. The highest BCUT2D eigenvalue weighted by Crippen LogP contribution is 2.33. The van der Waals surface area contributed by atoms with Crippen LogP contribution in [0.4, 0.5) is 5.69 Å². The van der Waals surface area contributed by atoms with Gasteiger partial charge in [0, 0.05) is 29.4 Å². The molecule has 0 spiro atoms. The van der Waals surface area contributed by atoms with Crippen LogP contribution in [-0.2, 0) is 16.0 Å². The van der Waals surface area contributed by atoms with Crippen molar-refractivity contribution in [2.45, 2.75) is 38.6 Å². The zero-order valence-electron chi connectivity index (χ0n) is 20.0. The fraction of sp³-hybridized carbons (Fsp3) is 0.310. The fourth-order valence-electron chi connectivity index (χ4n) is 4.52. The van der Waals surface area contributed by atoms with Crippen LogP contribution in [0, 0.1) is 0 Å². The van der Waals surface area contributed by atoms with Gasteiger partial charge in [-0.15, -0.1) is 0 Å². The lowest BCUT2D eigenvalue weighted by Crippen LogP contribution is -2.34. The molecule has 1 saturated heterocycles. The van der Waals surface area contributed by atoms with Crippen molar-refractivity contribution in [3.05, 3.63) is 100 Å². The third-order valence-electron chi connectivity index (χ3n) is 6.28. The van der Waals surface area contributed by atoms with Crippen molar-refractivity contribution in [2.75, 3.05) is 24.6 Å². The average Bonchev–Trinajstić information content (AvgIpc) is 2.89. The minimum absolute atomic E-state index is 0.0951. The van der Waals surface area contributed by atoms with Gasteiger partial charge in [0.2, 0.25) is 5.91 Å². The van der Waals surface area contributed by atoms with E-state index in [0.29, 0.717) is 17.2 Å². The molecule has 0 saturated carbocycles. The highest BCUT2D eigenvalue weighted by Gasteiger charge is 2.23. The Morgan fingerprint density at radius 3 is 2.31 bits per heavy atom. The van der Waals surface area contributed by atoms with Crippen LogP contribution in [-0.4, -0.2) is 31.6 Å². The van der Waals surface area contributed by atoms with Crippen LogP contribution in [0.25, 0.3) is 0 Å². The number of ether oxygens (including phenoxy) is 1. The number of carbonyl (C=O) groups excluding carboxylic acids is 2. The summed E-state index contributed by atoms with van der Waals surface area (Å²) in [5.41, 5.74) is 4.51. The molecule has 1 aliphatic rings. The van der Waals surface area contributed by atoms with Crippen molar-refractivity contribution >= 4 is 29.2 Å². The molecule has 3 aromatic rings. The Hall–Kier alpha value is -3.31. The number of piperidine rings is 1. The number of halogens is 1. The Kier molecular flexibility index (Phi) is 8.43. The summed E-state index contributed by atoms with van der Waals surface area (Å²) in [5.74, 6) is -0.456. The van der Waals surface area contributed by atoms with Crippen LogP contribution in [0.1, 0.15) is 59.3 Å². The Balaban J connectivity index is 1.57. The predicted molar refractivity (Wildman–Crippen MR) is 140 cm³/mol. The maximum Gasteiger partial charge on any atom is 0.338 e. The van der Waals surface area contributed by atoms with Gasteiger partial charge in [0.05, 0.1) is 24.6 Å². The highest BCUT2D eigenvalue weighted by molar-refractivity contribution is 6.30. The Morgan fingerprint density at radius 2 is 1.63 bits per heavy atom. The molecule has 1 unspecified atom stereocenters. The maximum atomic E-state index is 13.2. The van der Waals surface area contributed by atoms with Crippen LogP contribution in [0.15, 0.2) is 72.8 Å². The molecule has 1 fully saturated rings. The van der Waals surface area contributed by atoms with Gasteiger partial charge in [-0.25, -0.2) is 4.79 Å². The zero-order valence-corrected chi connectivity index (χ0v) is 20.8. The lowest BCUT2D eigenvalue weighted by Gasteiger charge is -2.33. The minimum atomic E-state index is -0.361. The van der Waals surface area contributed by atoms with Crippen molar-refractivity contribution in [2.24, 2.45) is 0 Å². The number of anilines is 1. The molecule has 5 nitrogen and oxygen atoms in total. The quantitative estimate of drug-likeness (QED) is 0.396. The van der Waals surface area contributed by atoms with E-state index >= 15 is 0 Å². The molecule has 1 atom stereocenters. The number of benzene rings is 3. The third-order valence-corrected chi connectivity index (χ3v) is 6.53. The molecular weight excluding hydrogens is 460 g/mol. The van der Waals surface area contributed by atoms with Crippen LogP contribution in [0.3, 0.4) is 0 Å². The van der Waals surface area contributed by atoms with E-state index in [9.17, 15) is 9.59 Å². The second-order valence-corrected chi connectivity index (χ2v) is 9.19. The van der Waals surface area contributed by atoms with Gasteiger partial charge in [-0.1, -0.05) is 54.1 Å². The van der Waals surface area contributed by atoms with Gasteiger partial charge >= 0.3 is 5.97 Å². The van der Waals surface area contributed by atoms with Crippen molar-refractivity contribution < 1.29 is 14.3 Å². The molecule has 1 N–H and O–H groups in total. The first-order valence-corrected chi connectivity index (χ1v) is 12.6. The van der Waals surface area contributed by atoms with Gasteiger partial charge in [-0.05, 0) is 67.6 Å². The predicted octanol–water partition coefficient (Wildman–Crippen LogP) is 5.96. The van der Waals surface area contributed by atoms with Gasteiger partial charge < -0.3 is 15.0 Å². The summed E-state index contributed by atoms with van der Waals surface area (Å²) in [6, 6.07) is 22.6. The lowest BCUT2D eigenvalue weighted by atomic mass is 9.95. The number of carbonyl (C=O) groups is 2. The van der Waals surface area contributed by atoms with E-state index in [1.54, 1.807) is 31.2 Å². The van der Waals surface area contributed by atoms with E-state index < -0.39 is 0 Å². The van der Waals surface area contributed by atoms with E-state index in [1.807, 2.05) is 30.3 Å². The van der Waals surface area contributed by atoms with E-state index in [1.165, 1.54) is 19.3 Å². The Labute approximate surface area is 212 Å². The maximum absolute atomic E-state index is 13.2. The summed E-state index contributed by atoms with van der Waals surface area (Å²) in [4.78, 5) is 27.5. The first-order valence-electron chi connectivity index (χ1n) is 12.2. The second-order valence-electron chi connectivity index (χ2n) is 8.75. The smallest absolute Gasteiger partial charge is 0.338 e. The first kappa shape index (κ1) is 24.8. The average molecular weight is 491 g/mol. The molecule has 0 aromatic heterocycles. The normalized spacial score (nSPS) is 14.3. The van der Waals surface area contributed by atoms with Gasteiger partial charge in [0.25, 0.3) is 0 Å². The van der Waals surface area contributed by atoms with E-state index in [-0.39, 0.29) is 24.3 Å². The number of esters is 1. The van der Waals surface area contributed by atoms with E-state index in [0.717, 1.165) is 35.5 Å². The number of para-hydroxylation sites is 1. The topological polar surface area (TPSA) is 58.6 Å². The molecule has 0 radical (unpaired) electrons. The first-order chi connectivity index (χ1) is 17.0. The molecule has 0 aliphatic carbocycles. The number of amides is 1. The third kappa shape index (κ3) is 6.43. The molecule has 35 heavy (non-hydrogen) atoms. The van der Waals surface area contributed by atoms with Crippen LogP contribution >= 0.6 is 11.6 Å². The molecule has 4 rings (SSSR count). The van der Waals surface area contributed by atoms with Crippen LogP contribution < -0.4 is 10.2 Å². The summed E-state index contributed by atoms with van der Waals surface area (Å²) < 4.78 is 5.04. The van der Waals surface area contributed by atoms with Crippen molar-refractivity contribution in [1.29, 1.82) is 0 Å². The number of nitrogens with zero attached hydrogens (tertiary/aromatic N) is 1. The lowest BCUT2D eigenvalue weighted by molar-refractivity contribution is -0.120. The number of nitrogens with one attached hydrogen (secondary N) is 1. The summed E-state index contributed by atoms with van der Waals surface area (Å²) in [7, 11) is 0. The van der Waals surface area contributed by atoms with E-state index in [2.05, 4.69) is 28.4 Å². The number of rotatable bonds is 8. The molecule has 1 heterocycles. The SMILES string of the molecule is CCOC(=O)c1ccc(CC(=O)NC(c2ccc(Cl)cc2)c2ccccc2N2CCCCC2)cc1. The van der Waals surface area contributed by atoms with Crippen molar-refractivity contribution in [3.63, 3.8) is 0 Å². The Bertz CT molecular complexity index is 1140. The molecule has 3 aromatic carbocycles. The number of hydrogen-bond acceptors (Lipinski definition) is 4. The van der Waals surface area contributed by atoms with Crippen molar-refractivity contribution in [1.82, 2.24) is 5.32 Å². The number of hydrogen-bond donors (Lipinski definition) is 1. The summed E-state index contributed by atoms with van der Waals surface area (Å²) >= 11 is 6.15. The van der Waals surface area contributed by atoms with Crippen LogP contribution in [0.2, 0.25) is 5.02 Å².